The first-order chi connectivity index (χ1) is 9.72. The molecule has 1 N–H and O–H groups in total. The lowest BCUT2D eigenvalue weighted by atomic mass is 9.84. The van der Waals surface area contributed by atoms with Crippen LogP contribution in [-0.4, -0.2) is 34.3 Å². The molecule has 1 heterocycles. The van der Waals surface area contributed by atoms with Gasteiger partial charge in [0.15, 0.2) is 0 Å². The minimum Gasteiger partial charge on any atom is -0.340 e. The van der Waals surface area contributed by atoms with Gasteiger partial charge in [0, 0.05) is 6.54 Å². The minimum atomic E-state index is -0.797. The molecule has 4 nitrogen and oxygen atoms in total. The molecule has 0 aromatic rings. The molecule has 21 heavy (non-hydrogen) atoms. The SMILES string of the molecule is CCCCC(CC)CN1C(=O)C(C)(C)NC(=O)C1(C)CC. The Morgan fingerprint density at radius 1 is 1.14 bits per heavy atom. The summed E-state index contributed by atoms with van der Waals surface area (Å²) in [5.74, 6) is 0.489. The summed E-state index contributed by atoms with van der Waals surface area (Å²) in [4.78, 5) is 27.1. The second-order valence-electron chi connectivity index (χ2n) is 7.04. The van der Waals surface area contributed by atoms with Crippen molar-refractivity contribution in [3.8, 4) is 0 Å². The zero-order valence-electron chi connectivity index (χ0n) is 14.6. The van der Waals surface area contributed by atoms with Gasteiger partial charge in [-0.05, 0) is 39.5 Å². The molecule has 2 atom stereocenters. The second-order valence-corrected chi connectivity index (χ2v) is 7.04. The molecule has 4 heteroatoms. The van der Waals surface area contributed by atoms with Crippen molar-refractivity contribution in [1.82, 2.24) is 10.2 Å². The quantitative estimate of drug-likeness (QED) is 0.785. The molecule has 2 unspecified atom stereocenters. The first-order valence-electron chi connectivity index (χ1n) is 8.37. The maximum atomic E-state index is 12.8. The van der Waals surface area contributed by atoms with E-state index in [9.17, 15) is 9.59 Å². The van der Waals surface area contributed by atoms with Gasteiger partial charge < -0.3 is 10.2 Å². The zero-order chi connectivity index (χ0) is 16.3. The van der Waals surface area contributed by atoms with Crippen LogP contribution in [0.3, 0.4) is 0 Å². The molecule has 2 amide bonds. The predicted molar refractivity (Wildman–Crippen MR) is 85.9 cm³/mol. The number of nitrogens with one attached hydrogen (secondary N) is 1. The van der Waals surface area contributed by atoms with Crippen LogP contribution in [0.4, 0.5) is 0 Å². The average molecular weight is 296 g/mol. The van der Waals surface area contributed by atoms with E-state index >= 15 is 0 Å². The predicted octanol–water partition coefficient (Wildman–Crippen LogP) is 3.11. The molecule has 0 radical (unpaired) electrons. The summed E-state index contributed by atoms with van der Waals surface area (Å²) in [5.41, 5.74) is -1.51. The lowest BCUT2D eigenvalue weighted by Crippen LogP contribution is -2.73. The maximum Gasteiger partial charge on any atom is 0.248 e. The smallest absolute Gasteiger partial charge is 0.248 e. The number of nitrogens with zero attached hydrogens (tertiary/aromatic N) is 1. The first-order valence-corrected chi connectivity index (χ1v) is 8.37. The Bertz CT molecular complexity index is 392. The summed E-state index contributed by atoms with van der Waals surface area (Å²) < 4.78 is 0. The first kappa shape index (κ1) is 18.0. The number of carbonyl (C=O) groups is 2. The number of rotatable bonds is 7. The lowest BCUT2D eigenvalue weighted by molar-refractivity contribution is -0.162. The topological polar surface area (TPSA) is 49.4 Å². The maximum absolute atomic E-state index is 12.8. The Labute approximate surface area is 129 Å². The fourth-order valence-electron chi connectivity index (χ4n) is 2.97. The molecule has 1 rings (SSSR count). The van der Waals surface area contributed by atoms with Crippen molar-refractivity contribution in [1.29, 1.82) is 0 Å². The Hall–Kier alpha value is -1.06. The number of hydrogen-bond acceptors (Lipinski definition) is 2. The molecule has 0 aromatic carbocycles. The highest BCUT2D eigenvalue weighted by atomic mass is 16.2. The van der Waals surface area contributed by atoms with E-state index in [4.69, 9.17) is 0 Å². The Morgan fingerprint density at radius 2 is 1.76 bits per heavy atom. The molecule has 0 aromatic heterocycles. The summed E-state index contributed by atoms with van der Waals surface area (Å²) in [6.07, 6.45) is 5.16. The van der Waals surface area contributed by atoms with Gasteiger partial charge in [0.05, 0.1) is 0 Å². The van der Waals surface area contributed by atoms with Gasteiger partial charge >= 0.3 is 0 Å². The molecule has 122 valence electrons. The van der Waals surface area contributed by atoms with Gasteiger partial charge in [-0.15, -0.1) is 0 Å². The van der Waals surface area contributed by atoms with Gasteiger partial charge in [0.1, 0.15) is 11.1 Å². The highest BCUT2D eigenvalue weighted by Gasteiger charge is 2.51. The van der Waals surface area contributed by atoms with Crippen molar-refractivity contribution in [2.75, 3.05) is 6.54 Å². The van der Waals surface area contributed by atoms with Crippen LogP contribution in [0.5, 0.6) is 0 Å². The van der Waals surface area contributed by atoms with Gasteiger partial charge in [-0.25, -0.2) is 0 Å². The summed E-state index contributed by atoms with van der Waals surface area (Å²) in [5, 5.41) is 2.88. The van der Waals surface area contributed by atoms with Crippen LogP contribution >= 0.6 is 0 Å². The summed E-state index contributed by atoms with van der Waals surface area (Å²) in [7, 11) is 0. The van der Waals surface area contributed by atoms with Crippen LogP contribution in [-0.2, 0) is 9.59 Å². The Balaban J connectivity index is 3.01. The van der Waals surface area contributed by atoms with Crippen LogP contribution in [0.2, 0.25) is 0 Å². The average Bonchev–Trinajstić information content (AvgIpc) is 2.44. The van der Waals surface area contributed by atoms with Gasteiger partial charge in [-0.1, -0.05) is 40.0 Å². The Morgan fingerprint density at radius 3 is 2.24 bits per heavy atom. The van der Waals surface area contributed by atoms with Gasteiger partial charge in [-0.3, -0.25) is 9.59 Å². The summed E-state index contributed by atoms with van der Waals surface area (Å²) in [6, 6.07) is 0. The van der Waals surface area contributed by atoms with E-state index in [0.29, 0.717) is 18.9 Å². The molecule has 1 aliphatic heterocycles. The second kappa shape index (κ2) is 6.80. The molecule has 1 fully saturated rings. The van der Waals surface area contributed by atoms with Crippen molar-refractivity contribution in [3.63, 3.8) is 0 Å². The monoisotopic (exact) mass is 296 g/mol. The van der Waals surface area contributed by atoms with Crippen LogP contribution in [0.15, 0.2) is 0 Å². The number of carbonyl (C=O) groups excluding carboxylic acids is 2. The highest BCUT2D eigenvalue weighted by Crippen LogP contribution is 2.31. The Kier molecular flexibility index (Phi) is 5.83. The standard InChI is InChI=1S/C17H32N2O2/c1-7-10-11-13(8-2)12-19-15(21)16(4,5)18-14(20)17(19,6)9-3/h13H,7-12H2,1-6H3,(H,18,20). The molecular formula is C17H32N2O2. The minimum absolute atomic E-state index is 0.0278. The van der Waals surface area contributed by atoms with Crippen LogP contribution < -0.4 is 5.32 Å². The van der Waals surface area contributed by atoms with Crippen LogP contribution in [0, 0.1) is 5.92 Å². The summed E-state index contributed by atoms with van der Waals surface area (Å²) >= 11 is 0. The molecule has 1 aliphatic rings. The van der Waals surface area contributed by atoms with Gasteiger partial charge in [0.2, 0.25) is 11.8 Å². The number of unbranched alkanes of at least 4 members (excludes halogenated alkanes) is 1. The van der Waals surface area contributed by atoms with Crippen LogP contribution in [0.1, 0.15) is 73.6 Å². The van der Waals surface area contributed by atoms with E-state index in [1.807, 2.05) is 18.7 Å². The molecule has 0 spiro atoms. The van der Waals surface area contributed by atoms with Crippen molar-refractivity contribution in [2.45, 2.75) is 84.7 Å². The van der Waals surface area contributed by atoms with E-state index in [2.05, 4.69) is 19.2 Å². The third-order valence-corrected chi connectivity index (χ3v) is 4.96. The lowest BCUT2D eigenvalue weighted by Gasteiger charge is -2.50. The van der Waals surface area contributed by atoms with Gasteiger partial charge in [0.25, 0.3) is 0 Å². The van der Waals surface area contributed by atoms with Crippen LogP contribution in [0.25, 0.3) is 0 Å². The highest BCUT2D eigenvalue weighted by molar-refractivity contribution is 6.01. The van der Waals surface area contributed by atoms with E-state index in [-0.39, 0.29) is 11.8 Å². The van der Waals surface area contributed by atoms with Crippen molar-refractivity contribution in [2.24, 2.45) is 5.92 Å². The third-order valence-electron chi connectivity index (χ3n) is 4.96. The summed E-state index contributed by atoms with van der Waals surface area (Å²) in [6.45, 7) is 12.5. The van der Waals surface area contributed by atoms with E-state index in [0.717, 1.165) is 12.8 Å². The zero-order valence-corrected chi connectivity index (χ0v) is 14.6. The number of piperazine rings is 1. The normalized spacial score (nSPS) is 26.7. The van der Waals surface area contributed by atoms with E-state index in [1.165, 1.54) is 12.8 Å². The number of hydrogen-bond donors (Lipinski definition) is 1. The van der Waals surface area contributed by atoms with E-state index in [1.54, 1.807) is 13.8 Å². The molecule has 0 saturated carbocycles. The van der Waals surface area contributed by atoms with E-state index < -0.39 is 11.1 Å². The molecule has 0 aliphatic carbocycles. The van der Waals surface area contributed by atoms with Gasteiger partial charge in [-0.2, -0.15) is 0 Å². The third kappa shape index (κ3) is 3.58. The van der Waals surface area contributed by atoms with Crippen molar-refractivity contribution in [3.05, 3.63) is 0 Å². The molecule has 1 saturated heterocycles. The fraction of sp³-hybridized carbons (Fsp3) is 0.882. The van der Waals surface area contributed by atoms with Crippen molar-refractivity contribution >= 4 is 11.8 Å². The largest absolute Gasteiger partial charge is 0.340 e. The molecule has 0 bridgehead atoms. The number of amides is 2. The van der Waals surface area contributed by atoms with Crippen molar-refractivity contribution < 1.29 is 9.59 Å². The molecular weight excluding hydrogens is 264 g/mol. The fourth-order valence-corrected chi connectivity index (χ4v) is 2.97.